The van der Waals surface area contributed by atoms with E-state index in [4.69, 9.17) is 10.5 Å². The molecule has 2 rings (SSSR count). The predicted molar refractivity (Wildman–Crippen MR) is 63.9 cm³/mol. The van der Waals surface area contributed by atoms with Crippen LogP contribution in [0.5, 0.6) is 5.75 Å². The van der Waals surface area contributed by atoms with Crippen molar-refractivity contribution in [3.8, 4) is 5.75 Å². The molecule has 1 aromatic carbocycles. The summed E-state index contributed by atoms with van der Waals surface area (Å²) in [5, 5.41) is 13.0. The van der Waals surface area contributed by atoms with Gasteiger partial charge in [0.1, 0.15) is 5.75 Å². The fourth-order valence-electron chi connectivity index (χ4n) is 2.17. The van der Waals surface area contributed by atoms with E-state index in [0.29, 0.717) is 0 Å². The second-order valence-electron chi connectivity index (χ2n) is 4.20. The third-order valence-corrected chi connectivity index (χ3v) is 3.19. The van der Waals surface area contributed by atoms with Crippen molar-refractivity contribution < 1.29 is 9.84 Å². The lowest BCUT2D eigenvalue weighted by Crippen LogP contribution is -2.37. The van der Waals surface area contributed by atoms with Gasteiger partial charge in [-0.25, -0.2) is 0 Å². The van der Waals surface area contributed by atoms with E-state index in [1.165, 1.54) is 11.1 Å². The van der Waals surface area contributed by atoms with Crippen molar-refractivity contribution in [1.82, 2.24) is 0 Å². The average Bonchev–Trinajstić information content (AvgIpc) is 2.74. The lowest BCUT2D eigenvalue weighted by molar-refractivity contribution is 0.162. The number of fused-ring (bicyclic) bond motifs is 1. The summed E-state index contributed by atoms with van der Waals surface area (Å²) in [5.74, 6) is 0.826. The Hall–Kier alpha value is -1.26. The van der Waals surface area contributed by atoms with Crippen LogP contribution in [-0.2, 0) is 6.42 Å². The number of rotatable bonds is 3. The Balaban J connectivity index is 2.32. The summed E-state index contributed by atoms with van der Waals surface area (Å²) in [5.41, 5.74) is 8.91. The van der Waals surface area contributed by atoms with E-state index in [9.17, 15) is 5.11 Å². The second-order valence-corrected chi connectivity index (χ2v) is 4.20. The maximum atomic E-state index is 9.76. The number of nitrogens with two attached hydrogens (primary N) is 1. The van der Waals surface area contributed by atoms with Gasteiger partial charge in [-0.2, -0.15) is 0 Å². The van der Waals surface area contributed by atoms with E-state index >= 15 is 0 Å². The molecule has 4 heteroatoms. The minimum absolute atomic E-state index is 0.00463. The lowest BCUT2D eigenvalue weighted by Gasteiger charge is -2.17. The first-order valence-corrected chi connectivity index (χ1v) is 5.48. The Morgan fingerprint density at radius 3 is 3.00 bits per heavy atom. The quantitative estimate of drug-likeness (QED) is 0.703. The number of aliphatic hydroxyl groups is 1. The number of anilines is 1. The molecule has 2 atom stereocenters. The molecule has 2 unspecified atom stereocenters. The van der Waals surface area contributed by atoms with Crippen molar-refractivity contribution in [2.24, 2.45) is 5.73 Å². The Kier molecular flexibility index (Phi) is 3.03. The molecule has 1 aliphatic heterocycles. The molecule has 4 N–H and O–H groups in total. The number of aliphatic hydroxyl groups excluding tert-OH is 1. The first kappa shape index (κ1) is 11.2. The summed E-state index contributed by atoms with van der Waals surface area (Å²) in [6, 6.07) is 3.98. The minimum atomic E-state index is -0.517. The summed E-state index contributed by atoms with van der Waals surface area (Å²) >= 11 is 0. The molecule has 1 heterocycles. The van der Waals surface area contributed by atoms with Crippen molar-refractivity contribution in [3.05, 3.63) is 23.3 Å². The van der Waals surface area contributed by atoms with Crippen molar-refractivity contribution >= 4 is 5.69 Å². The molecule has 4 nitrogen and oxygen atoms in total. The average molecular weight is 222 g/mol. The van der Waals surface area contributed by atoms with E-state index in [2.05, 4.69) is 12.2 Å². The molecule has 88 valence electrons. The highest BCUT2D eigenvalue weighted by Gasteiger charge is 2.29. The van der Waals surface area contributed by atoms with E-state index in [1.807, 2.05) is 12.1 Å². The number of nitrogens with one attached hydrogen (secondary N) is 1. The predicted octanol–water partition coefficient (Wildman–Crippen LogP) is 0.660. The van der Waals surface area contributed by atoms with Gasteiger partial charge in [-0.15, -0.1) is 0 Å². The number of hydrogen-bond acceptors (Lipinski definition) is 4. The standard InChI is InChI=1S/C12H18N2O2/c1-7-3-4-11(16-2)12-8(7)5-9(14-12)10(15)6-13/h3-4,9-10,14-15H,5-6,13H2,1-2H3. The molecule has 16 heavy (non-hydrogen) atoms. The zero-order valence-corrected chi connectivity index (χ0v) is 9.66. The van der Waals surface area contributed by atoms with E-state index < -0.39 is 6.10 Å². The molecule has 1 aliphatic rings. The maximum Gasteiger partial charge on any atom is 0.142 e. The molecular weight excluding hydrogens is 204 g/mol. The monoisotopic (exact) mass is 222 g/mol. The largest absolute Gasteiger partial charge is 0.495 e. The molecular formula is C12H18N2O2. The highest BCUT2D eigenvalue weighted by atomic mass is 16.5. The van der Waals surface area contributed by atoms with Crippen LogP contribution in [-0.4, -0.2) is 30.9 Å². The molecule has 0 bridgehead atoms. The normalized spacial score (nSPS) is 20.1. The highest BCUT2D eigenvalue weighted by molar-refractivity contribution is 5.68. The van der Waals surface area contributed by atoms with Gasteiger partial charge in [0.2, 0.25) is 0 Å². The first-order chi connectivity index (χ1) is 7.67. The summed E-state index contributed by atoms with van der Waals surface area (Å²) in [7, 11) is 1.65. The first-order valence-electron chi connectivity index (χ1n) is 5.48. The second kappa shape index (κ2) is 4.31. The zero-order valence-electron chi connectivity index (χ0n) is 9.66. The molecule has 0 amide bonds. The molecule has 0 radical (unpaired) electrons. The van der Waals surface area contributed by atoms with Gasteiger partial charge in [0.05, 0.1) is 24.9 Å². The van der Waals surface area contributed by atoms with Crippen molar-refractivity contribution in [3.63, 3.8) is 0 Å². The van der Waals surface area contributed by atoms with Crippen LogP contribution in [0, 0.1) is 6.92 Å². The number of ether oxygens (including phenoxy) is 1. The van der Waals surface area contributed by atoms with Crippen LogP contribution >= 0.6 is 0 Å². The van der Waals surface area contributed by atoms with Gasteiger partial charge in [-0.05, 0) is 30.5 Å². The Morgan fingerprint density at radius 1 is 1.62 bits per heavy atom. The highest BCUT2D eigenvalue weighted by Crippen LogP contribution is 2.37. The van der Waals surface area contributed by atoms with Crippen LogP contribution in [0.25, 0.3) is 0 Å². The summed E-state index contributed by atoms with van der Waals surface area (Å²) in [4.78, 5) is 0. The SMILES string of the molecule is COc1ccc(C)c2c1NC(C(O)CN)C2. The molecule has 0 spiro atoms. The molecule has 0 saturated heterocycles. The lowest BCUT2D eigenvalue weighted by atomic mass is 10.0. The van der Waals surface area contributed by atoms with E-state index in [0.717, 1.165) is 17.9 Å². The molecule has 0 aromatic heterocycles. The molecule has 0 saturated carbocycles. The molecule has 0 fully saturated rings. The van der Waals surface area contributed by atoms with Crippen LogP contribution in [0.4, 0.5) is 5.69 Å². The van der Waals surface area contributed by atoms with Crippen LogP contribution in [0.2, 0.25) is 0 Å². The van der Waals surface area contributed by atoms with Crippen molar-refractivity contribution in [2.75, 3.05) is 19.0 Å². The Morgan fingerprint density at radius 2 is 2.38 bits per heavy atom. The summed E-state index contributed by atoms with van der Waals surface area (Å²) < 4.78 is 5.30. The maximum absolute atomic E-state index is 9.76. The molecule has 0 aliphatic carbocycles. The number of methoxy groups -OCH3 is 1. The van der Waals surface area contributed by atoms with Crippen LogP contribution in [0.1, 0.15) is 11.1 Å². The van der Waals surface area contributed by atoms with Gasteiger partial charge in [0, 0.05) is 6.54 Å². The van der Waals surface area contributed by atoms with Crippen LogP contribution < -0.4 is 15.8 Å². The topological polar surface area (TPSA) is 67.5 Å². The summed E-state index contributed by atoms with van der Waals surface area (Å²) in [6.07, 6.45) is 0.285. The Bertz CT molecular complexity index is 393. The number of aryl methyl sites for hydroxylation is 1. The van der Waals surface area contributed by atoms with E-state index in [1.54, 1.807) is 7.11 Å². The van der Waals surface area contributed by atoms with Gasteiger partial charge >= 0.3 is 0 Å². The Labute approximate surface area is 95.4 Å². The van der Waals surface area contributed by atoms with Crippen LogP contribution in [0.3, 0.4) is 0 Å². The molecule has 1 aromatic rings. The van der Waals surface area contributed by atoms with Crippen molar-refractivity contribution in [1.29, 1.82) is 0 Å². The van der Waals surface area contributed by atoms with Crippen molar-refractivity contribution in [2.45, 2.75) is 25.5 Å². The van der Waals surface area contributed by atoms with Gasteiger partial charge < -0.3 is 20.9 Å². The van der Waals surface area contributed by atoms with Gasteiger partial charge in [-0.1, -0.05) is 6.07 Å². The fraction of sp³-hybridized carbons (Fsp3) is 0.500. The zero-order chi connectivity index (χ0) is 11.7. The smallest absolute Gasteiger partial charge is 0.142 e. The number of hydrogen-bond donors (Lipinski definition) is 3. The minimum Gasteiger partial charge on any atom is -0.495 e. The van der Waals surface area contributed by atoms with E-state index in [-0.39, 0.29) is 12.6 Å². The van der Waals surface area contributed by atoms with Crippen LogP contribution in [0.15, 0.2) is 12.1 Å². The van der Waals surface area contributed by atoms with Gasteiger partial charge in [-0.3, -0.25) is 0 Å². The third-order valence-electron chi connectivity index (χ3n) is 3.19. The van der Waals surface area contributed by atoms with Gasteiger partial charge in [0.25, 0.3) is 0 Å². The summed E-state index contributed by atoms with van der Waals surface area (Å²) in [6.45, 7) is 2.34. The fourth-order valence-corrected chi connectivity index (χ4v) is 2.17. The number of benzene rings is 1. The third kappa shape index (κ3) is 1.74. The van der Waals surface area contributed by atoms with Gasteiger partial charge in [0.15, 0.2) is 0 Å².